The summed E-state index contributed by atoms with van der Waals surface area (Å²) in [5, 5.41) is 10.0. The van der Waals surface area contributed by atoms with Crippen LogP contribution in [0.25, 0.3) is 0 Å². The third-order valence-corrected chi connectivity index (χ3v) is 2.76. The summed E-state index contributed by atoms with van der Waals surface area (Å²) in [6.07, 6.45) is 1.19. The summed E-state index contributed by atoms with van der Waals surface area (Å²) in [6, 6.07) is 0. The lowest BCUT2D eigenvalue weighted by Crippen LogP contribution is -2.59. The van der Waals surface area contributed by atoms with Crippen LogP contribution in [0.4, 0.5) is 0 Å². The van der Waals surface area contributed by atoms with E-state index >= 15 is 0 Å². The Hall–Kier alpha value is -0.560. The van der Waals surface area contributed by atoms with Crippen LogP contribution in [0.15, 0.2) is 5.11 Å². The molecule has 0 bridgehead atoms. The number of hydrogen-bond donors (Lipinski definition) is 3. The fourth-order valence-electron chi connectivity index (χ4n) is 1.94. The zero-order valence-corrected chi connectivity index (χ0v) is 8.20. The van der Waals surface area contributed by atoms with Gasteiger partial charge in [0.05, 0.1) is 19.4 Å². The van der Waals surface area contributed by atoms with Crippen LogP contribution >= 0.6 is 0 Å². The summed E-state index contributed by atoms with van der Waals surface area (Å²) >= 11 is 0. The second-order valence-corrected chi connectivity index (χ2v) is 3.63. The SMILES string of the molecule is N=NC1CC(N2CCOCC2)NCN1. The van der Waals surface area contributed by atoms with Gasteiger partial charge in [-0.1, -0.05) is 0 Å². The Labute approximate surface area is 83.5 Å². The van der Waals surface area contributed by atoms with E-state index < -0.39 is 0 Å². The van der Waals surface area contributed by atoms with Crippen molar-refractivity contribution in [2.75, 3.05) is 33.0 Å². The lowest BCUT2D eigenvalue weighted by atomic mass is 10.2. The number of morpholine rings is 1. The predicted molar refractivity (Wildman–Crippen MR) is 50.9 cm³/mol. The van der Waals surface area contributed by atoms with Gasteiger partial charge in [-0.15, -0.1) is 0 Å². The minimum absolute atomic E-state index is 0.0240. The zero-order valence-electron chi connectivity index (χ0n) is 8.20. The highest BCUT2D eigenvalue weighted by Gasteiger charge is 2.26. The molecule has 2 unspecified atom stereocenters. The molecule has 6 nitrogen and oxygen atoms in total. The van der Waals surface area contributed by atoms with Crippen molar-refractivity contribution in [3.05, 3.63) is 0 Å². The van der Waals surface area contributed by atoms with Gasteiger partial charge in [0, 0.05) is 26.2 Å². The average molecular weight is 199 g/mol. The molecule has 80 valence electrons. The van der Waals surface area contributed by atoms with Crippen molar-refractivity contribution in [2.24, 2.45) is 5.11 Å². The first-order valence-electron chi connectivity index (χ1n) is 5.05. The fourth-order valence-corrected chi connectivity index (χ4v) is 1.94. The molecule has 0 saturated carbocycles. The highest BCUT2D eigenvalue weighted by Crippen LogP contribution is 2.10. The van der Waals surface area contributed by atoms with Gasteiger partial charge in [-0.2, -0.15) is 5.11 Å². The molecule has 0 aromatic heterocycles. The van der Waals surface area contributed by atoms with E-state index in [1.807, 2.05) is 0 Å². The Morgan fingerprint density at radius 3 is 2.79 bits per heavy atom. The summed E-state index contributed by atoms with van der Waals surface area (Å²) in [6.45, 7) is 4.31. The second-order valence-electron chi connectivity index (χ2n) is 3.63. The maximum Gasteiger partial charge on any atom is 0.124 e. The second kappa shape index (κ2) is 4.79. The van der Waals surface area contributed by atoms with Crippen molar-refractivity contribution in [1.82, 2.24) is 15.5 Å². The van der Waals surface area contributed by atoms with Gasteiger partial charge in [-0.3, -0.25) is 15.5 Å². The summed E-state index contributed by atoms with van der Waals surface area (Å²) in [4.78, 5) is 2.36. The van der Waals surface area contributed by atoms with Crippen molar-refractivity contribution >= 4 is 0 Å². The number of nitrogens with one attached hydrogen (secondary N) is 3. The van der Waals surface area contributed by atoms with E-state index in [1.165, 1.54) is 0 Å². The summed E-state index contributed by atoms with van der Waals surface area (Å²) < 4.78 is 5.30. The summed E-state index contributed by atoms with van der Waals surface area (Å²) in [5.41, 5.74) is 6.99. The minimum atomic E-state index is -0.0240. The minimum Gasteiger partial charge on any atom is -0.379 e. The highest BCUT2D eigenvalue weighted by molar-refractivity contribution is 4.80. The molecule has 2 saturated heterocycles. The number of hydrogen-bond acceptors (Lipinski definition) is 6. The molecule has 3 N–H and O–H groups in total. The lowest BCUT2D eigenvalue weighted by molar-refractivity contribution is -0.00210. The molecule has 0 spiro atoms. The largest absolute Gasteiger partial charge is 0.379 e. The Morgan fingerprint density at radius 2 is 2.07 bits per heavy atom. The lowest BCUT2D eigenvalue weighted by Gasteiger charge is -2.38. The van der Waals surface area contributed by atoms with E-state index in [9.17, 15) is 0 Å². The Balaban J connectivity index is 1.86. The Bertz CT molecular complexity index is 194. The molecule has 2 heterocycles. The van der Waals surface area contributed by atoms with Crippen molar-refractivity contribution in [1.29, 1.82) is 5.53 Å². The molecule has 0 aromatic carbocycles. The molecule has 0 aromatic rings. The van der Waals surface area contributed by atoms with Gasteiger partial charge in [0.25, 0.3) is 0 Å². The van der Waals surface area contributed by atoms with E-state index in [0.717, 1.165) is 39.4 Å². The van der Waals surface area contributed by atoms with Crippen molar-refractivity contribution in [3.63, 3.8) is 0 Å². The van der Waals surface area contributed by atoms with Crippen molar-refractivity contribution in [2.45, 2.75) is 18.8 Å². The summed E-state index contributed by atoms with van der Waals surface area (Å²) in [7, 11) is 0. The molecule has 6 heteroatoms. The van der Waals surface area contributed by atoms with Crippen LogP contribution in [0.1, 0.15) is 6.42 Å². The van der Waals surface area contributed by atoms with Gasteiger partial charge in [-0.05, 0) is 0 Å². The maximum absolute atomic E-state index is 6.99. The number of rotatable bonds is 2. The molecule has 2 aliphatic heterocycles. The molecule has 2 fully saturated rings. The van der Waals surface area contributed by atoms with E-state index in [1.54, 1.807) is 0 Å². The molecule has 0 aliphatic carbocycles. The molecular formula is C8H17N5O. The smallest absolute Gasteiger partial charge is 0.124 e. The van der Waals surface area contributed by atoms with E-state index in [4.69, 9.17) is 10.3 Å². The first-order chi connectivity index (χ1) is 6.90. The molecular weight excluding hydrogens is 182 g/mol. The predicted octanol–water partition coefficient (Wildman–Crippen LogP) is -0.458. The van der Waals surface area contributed by atoms with Gasteiger partial charge in [0.15, 0.2) is 0 Å². The van der Waals surface area contributed by atoms with Crippen LogP contribution in [0, 0.1) is 5.53 Å². The molecule has 0 amide bonds. The molecule has 2 aliphatic rings. The van der Waals surface area contributed by atoms with Crippen LogP contribution in [0.2, 0.25) is 0 Å². The molecule has 2 atom stereocenters. The van der Waals surface area contributed by atoms with E-state index in [2.05, 4.69) is 20.6 Å². The van der Waals surface area contributed by atoms with Crippen LogP contribution < -0.4 is 10.6 Å². The third-order valence-electron chi connectivity index (χ3n) is 2.76. The molecule has 2 rings (SSSR count). The Morgan fingerprint density at radius 1 is 1.29 bits per heavy atom. The monoisotopic (exact) mass is 199 g/mol. The number of nitrogens with zero attached hydrogens (tertiary/aromatic N) is 2. The molecule has 14 heavy (non-hydrogen) atoms. The van der Waals surface area contributed by atoms with Gasteiger partial charge in [0.2, 0.25) is 0 Å². The van der Waals surface area contributed by atoms with E-state index in [-0.39, 0.29) is 6.17 Å². The standard InChI is InChI=1S/C8H17N5O/c9-12-7-5-8(11-6-10-7)13-1-3-14-4-2-13/h7-11H,1-6H2. The number of ether oxygens (including phenoxy) is 1. The van der Waals surface area contributed by atoms with Gasteiger partial charge in [-0.25, -0.2) is 5.53 Å². The van der Waals surface area contributed by atoms with E-state index in [0.29, 0.717) is 6.17 Å². The Kier molecular flexibility index (Phi) is 3.41. The normalized spacial score (nSPS) is 35.4. The molecule has 0 radical (unpaired) electrons. The van der Waals surface area contributed by atoms with Crippen LogP contribution in [0.3, 0.4) is 0 Å². The van der Waals surface area contributed by atoms with Crippen molar-refractivity contribution in [3.8, 4) is 0 Å². The zero-order chi connectivity index (χ0) is 9.80. The van der Waals surface area contributed by atoms with Crippen LogP contribution in [-0.2, 0) is 4.74 Å². The first kappa shape index (κ1) is 9.97. The third kappa shape index (κ3) is 2.27. The van der Waals surface area contributed by atoms with Crippen LogP contribution in [0.5, 0.6) is 0 Å². The summed E-state index contributed by atoms with van der Waals surface area (Å²) in [5.74, 6) is 0. The fraction of sp³-hybridized carbons (Fsp3) is 1.00. The quantitative estimate of drug-likeness (QED) is 0.526. The maximum atomic E-state index is 6.99. The first-order valence-corrected chi connectivity index (χ1v) is 5.05. The topological polar surface area (TPSA) is 72.7 Å². The highest BCUT2D eigenvalue weighted by atomic mass is 16.5. The average Bonchev–Trinajstić information content (AvgIpc) is 2.30. The van der Waals surface area contributed by atoms with Crippen LogP contribution in [-0.4, -0.2) is 50.2 Å². The van der Waals surface area contributed by atoms with Gasteiger partial charge >= 0.3 is 0 Å². The van der Waals surface area contributed by atoms with Crippen molar-refractivity contribution < 1.29 is 4.74 Å². The van der Waals surface area contributed by atoms with Gasteiger partial charge < -0.3 is 4.74 Å². The van der Waals surface area contributed by atoms with Gasteiger partial charge in [0.1, 0.15) is 6.17 Å².